The Morgan fingerprint density at radius 3 is 2.89 bits per heavy atom. The van der Waals surface area contributed by atoms with Crippen molar-refractivity contribution in [2.24, 2.45) is 5.92 Å². The Hall–Kier alpha value is -0.820. The van der Waals surface area contributed by atoms with Gasteiger partial charge in [0.1, 0.15) is 0 Å². The molecule has 1 saturated carbocycles. The molecule has 0 aliphatic heterocycles. The van der Waals surface area contributed by atoms with E-state index in [1.54, 1.807) is 0 Å². The van der Waals surface area contributed by atoms with Crippen LogP contribution in [-0.4, -0.2) is 10.7 Å². The van der Waals surface area contributed by atoms with Crippen LogP contribution in [0.25, 0.3) is 0 Å². The standard InChI is InChI=1S/C18H26O/c1-2-14-5-4-10-18(19,12-14)13-15-8-9-16-6-3-7-17(16)11-15/h8-9,11,14,19H,2-7,10,12-13H2,1H3. The van der Waals surface area contributed by atoms with Gasteiger partial charge in [0, 0.05) is 6.42 Å². The molecule has 1 N–H and O–H groups in total. The van der Waals surface area contributed by atoms with Gasteiger partial charge in [-0.1, -0.05) is 44.4 Å². The van der Waals surface area contributed by atoms with E-state index in [0.717, 1.165) is 25.2 Å². The highest BCUT2D eigenvalue weighted by Crippen LogP contribution is 2.37. The van der Waals surface area contributed by atoms with E-state index in [4.69, 9.17) is 0 Å². The van der Waals surface area contributed by atoms with Gasteiger partial charge in [-0.25, -0.2) is 0 Å². The highest BCUT2D eigenvalue weighted by molar-refractivity contribution is 5.35. The third-order valence-electron chi connectivity index (χ3n) is 5.20. The molecule has 1 aromatic carbocycles. The van der Waals surface area contributed by atoms with Crippen molar-refractivity contribution >= 4 is 0 Å². The lowest BCUT2D eigenvalue weighted by molar-refractivity contribution is -0.0162. The first-order chi connectivity index (χ1) is 9.18. The summed E-state index contributed by atoms with van der Waals surface area (Å²) in [5, 5.41) is 10.9. The molecule has 19 heavy (non-hydrogen) atoms. The maximum atomic E-state index is 10.9. The lowest BCUT2D eigenvalue weighted by Gasteiger charge is -2.37. The van der Waals surface area contributed by atoms with E-state index in [1.807, 2.05) is 0 Å². The molecule has 1 fully saturated rings. The molecule has 2 atom stereocenters. The number of benzene rings is 1. The topological polar surface area (TPSA) is 20.2 Å². The molecule has 0 saturated heterocycles. The first-order valence-corrected chi connectivity index (χ1v) is 8.01. The van der Waals surface area contributed by atoms with Gasteiger partial charge in [0.05, 0.1) is 5.60 Å². The summed E-state index contributed by atoms with van der Waals surface area (Å²) in [7, 11) is 0. The monoisotopic (exact) mass is 258 g/mol. The van der Waals surface area contributed by atoms with Gasteiger partial charge in [0.15, 0.2) is 0 Å². The maximum Gasteiger partial charge on any atom is 0.0690 e. The molecule has 0 bridgehead atoms. The smallest absolute Gasteiger partial charge is 0.0690 e. The maximum absolute atomic E-state index is 10.9. The molecule has 1 heteroatoms. The number of hydrogen-bond acceptors (Lipinski definition) is 1. The Kier molecular flexibility index (Phi) is 3.66. The van der Waals surface area contributed by atoms with Crippen LogP contribution in [0.1, 0.15) is 62.1 Å². The minimum absolute atomic E-state index is 0.439. The van der Waals surface area contributed by atoms with E-state index in [2.05, 4.69) is 25.1 Å². The Morgan fingerprint density at radius 2 is 2.05 bits per heavy atom. The van der Waals surface area contributed by atoms with Crippen LogP contribution in [0, 0.1) is 5.92 Å². The molecule has 2 aliphatic carbocycles. The minimum Gasteiger partial charge on any atom is -0.390 e. The Labute approximate surface area is 117 Å². The first kappa shape index (κ1) is 13.2. The van der Waals surface area contributed by atoms with Gasteiger partial charge in [-0.2, -0.15) is 0 Å². The van der Waals surface area contributed by atoms with Crippen molar-refractivity contribution in [3.8, 4) is 0 Å². The van der Waals surface area contributed by atoms with Crippen LogP contribution in [-0.2, 0) is 19.3 Å². The Bertz CT molecular complexity index is 451. The van der Waals surface area contributed by atoms with E-state index in [9.17, 15) is 5.11 Å². The van der Waals surface area contributed by atoms with Crippen molar-refractivity contribution in [3.63, 3.8) is 0 Å². The first-order valence-electron chi connectivity index (χ1n) is 8.01. The Morgan fingerprint density at radius 1 is 1.21 bits per heavy atom. The van der Waals surface area contributed by atoms with Gasteiger partial charge in [-0.15, -0.1) is 0 Å². The zero-order valence-corrected chi connectivity index (χ0v) is 12.1. The molecule has 0 amide bonds. The molecule has 104 valence electrons. The zero-order chi connectivity index (χ0) is 13.3. The molecule has 0 radical (unpaired) electrons. The second-order valence-electron chi connectivity index (χ2n) is 6.73. The zero-order valence-electron chi connectivity index (χ0n) is 12.1. The van der Waals surface area contributed by atoms with Gasteiger partial charge in [-0.05, 0) is 54.7 Å². The fourth-order valence-electron chi connectivity index (χ4n) is 4.09. The number of rotatable bonds is 3. The average molecular weight is 258 g/mol. The summed E-state index contributed by atoms with van der Waals surface area (Å²) in [5.74, 6) is 0.730. The van der Waals surface area contributed by atoms with Crippen LogP contribution in [0.2, 0.25) is 0 Å². The minimum atomic E-state index is -0.439. The predicted molar refractivity (Wildman–Crippen MR) is 79.4 cm³/mol. The number of aryl methyl sites for hydroxylation is 2. The van der Waals surface area contributed by atoms with Gasteiger partial charge in [0.25, 0.3) is 0 Å². The molecule has 2 unspecified atom stereocenters. The summed E-state index contributed by atoms with van der Waals surface area (Å²) >= 11 is 0. The second kappa shape index (κ2) is 5.28. The molecule has 0 spiro atoms. The van der Waals surface area contributed by atoms with Gasteiger partial charge in [-0.3, -0.25) is 0 Å². The highest BCUT2D eigenvalue weighted by atomic mass is 16.3. The molecule has 3 rings (SSSR count). The van der Waals surface area contributed by atoms with E-state index < -0.39 is 5.60 Å². The second-order valence-corrected chi connectivity index (χ2v) is 6.73. The van der Waals surface area contributed by atoms with Crippen LogP contribution in [0.3, 0.4) is 0 Å². The largest absolute Gasteiger partial charge is 0.390 e. The Balaban J connectivity index is 1.73. The normalized spacial score (nSPS) is 30.3. The predicted octanol–water partition coefficient (Wildman–Crippen LogP) is 4.05. The van der Waals surface area contributed by atoms with Crippen LogP contribution in [0.5, 0.6) is 0 Å². The van der Waals surface area contributed by atoms with E-state index >= 15 is 0 Å². The summed E-state index contributed by atoms with van der Waals surface area (Å²) in [6.07, 6.45) is 10.4. The quantitative estimate of drug-likeness (QED) is 0.867. The third kappa shape index (κ3) is 2.86. The van der Waals surface area contributed by atoms with Crippen LogP contribution in [0.4, 0.5) is 0 Å². The molecular weight excluding hydrogens is 232 g/mol. The molecule has 2 aliphatic rings. The fraction of sp³-hybridized carbons (Fsp3) is 0.667. The summed E-state index contributed by atoms with van der Waals surface area (Å²) in [5.41, 5.74) is 3.97. The fourth-order valence-corrected chi connectivity index (χ4v) is 4.09. The highest BCUT2D eigenvalue weighted by Gasteiger charge is 2.33. The summed E-state index contributed by atoms with van der Waals surface area (Å²) < 4.78 is 0. The molecule has 0 aromatic heterocycles. The summed E-state index contributed by atoms with van der Waals surface area (Å²) in [6.45, 7) is 2.26. The number of hydrogen-bond donors (Lipinski definition) is 1. The SMILES string of the molecule is CCC1CCCC(O)(Cc2ccc3c(c2)CCC3)C1. The number of aliphatic hydroxyl groups is 1. The van der Waals surface area contributed by atoms with Gasteiger partial charge in [0.2, 0.25) is 0 Å². The lowest BCUT2D eigenvalue weighted by atomic mass is 9.74. The van der Waals surface area contributed by atoms with Gasteiger partial charge < -0.3 is 5.11 Å². The lowest BCUT2D eigenvalue weighted by Crippen LogP contribution is -2.37. The van der Waals surface area contributed by atoms with Crippen LogP contribution in [0.15, 0.2) is 18.2 Å². The van der Waals surface area contributed by atoms with E-state index in [1.165, 1.54) is 55.2 Å². The van der Waals surface area contributed by atoms with E-state index in [0.29, 0.717) is 0 Å². The van der Waals surface area contributed by atoms with Crippen molar-refractivity contribution in [2.75, 3.05) is 0 Å². The van der Waals surface area contributed by atoms with Crippen molar-refractivity contribution in [1.82, 2.24) is 0 Å². The molecular formula is C18H26O. The van der Waals surface area contributed by atoms with Crippen LogP contribution >= 0.6 is 0 Å². The van der Waals surface area contributed by atoms with Crippen molar-refractivity contribution in [3.05, 3.63) is 34.9 Å². The summed E-state index contributed by atoms with van der Waals surface area (Å²) in [4.78, 5) is 0. The molecule has 1 aromatic rings. The molecule has 1 nitrogen and oxygen atoms in total. The third-order valence-corrected chi connectivity index (χ3v) is 5.20. The molecule has 0 heterocycles. The van der Waals surface area contributed by atoms with Crippen molar-refractivity contribution < 1.29 is 5.11 Å². The van der Waals surface area contributed by atoms with Crippen LogP contribution < -0.4 is 0 Å². The summed E-state index contributed by atoms with van der Waals surface area (Å²) in [6, 6.07) is 6.90. The average Bonchev–Trinajstić information content (AvgIpc) is 2.85. The van der Waals surface area contributed by atoms with Crippen molar-refractivity contribution in [2.45, 2.75) is 70.3 Å². The number of fused-ring (bicyclic) bond motifs is 1. The van der Waals surface area contributed by atoms with E-state index in [-0.39, 0.29) is 0 Å². The van der Waals surface area contributed by atoms with Crippen molar-refractivity contribution in [1.29, 1.82) is 0 Å². The van der Waals surface area contributed by atoms with Gasteiger partial charge >= 0.3 is 0 Å².